The van der Waals surface area contributed by atoms with Crippen molar-refractivity contribution in [2.45, 2.75) is 4.90 Å². The Morgan fingerprint density at radius 3 is 2.00 bits per heavy atom. The van der Waals surface area contributed by atoms with Crippen molar-refractivity contribution in [1.29, 1.82) is 0 Å². The number of nitrogens with zero attached hydrogens (tertiary/aromatic N) is 1. The molecule has 5 rings (SSSR count). The molecular weight excluding hydrogens is 612 g/mol. The molecule has 0 amide bonds. The van der Waals surface area contributed by atoms with Crippen molar-refractivity contribution < 1.29 is 43.7 Å². The summed E-state index contributed by atoms with van der Waals surface area (Å²) >= 11 is 6.51. The van der Waals surface area contributed by atoms with Crippen molar-refractivity contribution in [1.82, 2.24) is 4.57 Å². The summed E-state index contributed by atoms with van der Waals surface area (Å²) < 4.78 is 119. The van der Waals surface area contributed by atoms with Gasteiger partial charge in [0.25, 0.3) is 5.56 Å². The number of benzene rings is 4. The van der Waals surface area contributed by atoms with Crippen LogP contribution in [0.5, 0.6) is 11.5 Å². The van der Waals surface area contributed by atoms with E-state index in [1.54, 1.807) is 0 Å². The first-order chi connectivity index (χ1) is 19.8. The molecular formula is C28H14ClF6NO5S. The summed E-state index contributed by atoms with van der Waals surface area (Å²) in [7, 11) is -3.81. The molecule has 0 saturated heterocycles. The predicted molar refractivity (Wildman–Crippen MR) is 141 cm³/mol. The number of hydrogen-bond donors (Lipinski definition) is 0. The van der Waals surface area contributed by atoms with E-state index in [1.165, 1.54) is 49.6 Å². The number of fused-ring (bicyclic) bond motifs is 1. The molecule has 1 heterocycles. The van der Waals surface area contributed by atoms with Crippen LogP contribution in [0.4, 0.5) is 26.3 Å². The highest BCUT2D eigenvalue weighted by molar-refractivity contribution is 7.87. The van der Waals surface area contributed by atoms with Gasteiger partial charge in [-0.1, -0.05) is 23.7 Å². The lowest BCUT2D eigenvalue weighted by molar-refractivity contribution is 0.346. The van der Waals surface area contributed by atoms with Crippen molar-refractivity contribution in [3.8, 4) is 28.3 Å². The van der Waals surface area contributed by atoms with Crippen LogP contribution in [0.15, 0.2) is 76.4 Å². The monoisotopic (exact) mass is 625 g/mol. The molecule has 5 aromatic rings. The largest absolute Gasteiger partial charge is 0.495 e. The third-order valence-electron chi connectivity index (χ3n) is 6.18. The van der Waals surface area contributed by atoms with E-state index in [1.807, 2.05) is 0 Å². The number of ether oxygens (including phenoxy) is 1. The molecule has 42 heavy (non-hydrogen) atoms. The summed E-state index contributed by atoms with van der Waals surface area (Å²) in [5, 5.41) is 0.259. The molecule has 0 unspecified atom stereocenters. The van der Waals surface area contributed by atoms with Gasteiger partial charge in [-0.25, -0.2) is 17.6 Å². The molecule has 0 atom stereocenters. The average Bonchev–Trinajstić information content (AvgIpc) is 2.97. The third kappa shape index (κ3) is 4.94. The second kappa shape index (κ2) is 10.7. The van der Waals surface area contributed by atoms with Gasteiger partial charge in [0.15, 0.2) is 0 Å². The van der Waals surface area contributed by atoms with Crippen LogP contribution in [0, 0.1) is 34.9 Å². The lowest BCUT2D eigenvalue weighted by atomic mass is 10.0. The van der Waals surface area contributed by atoms with Crippen LogP contribution in [0.3, 0.4) is 0 Å². The SMILES string of the molecule is COc1cc(-c2ccc(F)cc2)c(Cl)cc1-n1c(=O)ccc2cc(S(=O)(=O)Oc3c(F)c(F)c(F)c(F)c3F)ccc21. The molecule has 14 heteroatoms. The second-order valence-corrected chi connectivity index (χ2v) is 10.6. The molecule has 0 fully saturated rings. The first-order valence-corrected chi connectivity index (χ1v) is 13.4. The lowest BCUT2D eigenvalue weighted by Gasteiger charge is -2.17. The molecule has 0 N–H and O–H groups in total. The summed E-state index contributed by atoms with van der Waals surface area (Å²) in [4.78, 5) is 12.3. The minimum atomic E-state index is -5.14. The topological polar surface area (TPSA) is 74.6 Å². The average molecular weight is 626 g/mol. The van der Waals surface area contributed by atoms with Gasteiger partial charge in [0.05, 0.1) is 23.3 Å². The zero-order valence-electron chi connectivity index (χ0n) is 20.9. The van der Waals surface area contributed by atoms with Crippen molar-refractivity contribution >= 4 is 32.6 Å². The van der Waals surface area contributed by atoms with Crippen molar-refractivity contribution in [3.05, 3.63) is 117 Å². The number of halogens is 7. The number of hydrogen-bond acceptors (Lipinski definition) is 5. The molecule has 6 nitrogen and oxygen atoms in total. The van der Waals surface area contributed by atoms with E-state index in [2.05, 4.69) is 4.18 Å². The zero-order valence-corrected chi connectivity index (χ0v) is 22.5. The lowest BCUT2D eigenvalue weighted by Crippen LogP contribution is -2.19. The van der Waals surface area contributed by atoms with E-state index in [0.717, 1.165) is 28.8 Å². The Hall–Kier alpha value is -4.49. The molecule has 0 aliphatic carbocycles. The first-order valence-electron chi connectivity index (χ1n) is 11.6. The maximum absolute atomic E-state index is 14.1. The van der Waals surface area contributed by atoms with E-state index < -0.39 is 61.2 Å². The summed E-state index contributed by atoms with van der Waals surface area (Å²) in [6.45, 7) is 0. The Bertz CT molecular complexity index is 2040. The van der Waals surface area contributed by atoms with Crippen LogP contribution in [-0.4, -0.2) is 20.1 Å². The number of aromatic nitrogens is 1. The molecule has 0 aliphatic heterocycles. The fraction of sp³-hybridized carbons (Fsp3) is 0.0357. The van der Waals surface area contributed by atoms with Gasteiger partial charge in [-0.3, -0.25) is 9.36 Å². The molecule has 0 radical (unpaired) electrons. The minimum absolute atomic E-state index is 0.0949. The molecule has 0 aliphatic rings. The van der Waals surface area contributed by atoms with Crippen molar-refractivity contribution in [3.63, 3.8) is 0 Å². The number of methoxy groups -OCH3 is 1. The molecule has 0 saturated carbocycles. The number of pyridine rings is 1. The van der Waals surface area contributed by atoms with Crippen molar-refractivity contribution in [2.24, 2.45) is 0 Å². The summed E-state index contributed by atoms with van der Waals surface area (Å²) in [5.41, 5.74) is 0.711. The Labute approximate surface area is 238 Å². The van der Waals surface area contributed by atoms with Crippen LogP contribution in [0.25, 0.3) is 27.7 Å². The van der Waals surface area contributed by atoms with E-state index in [-0.39, 0.29) is 27.4 Å². The van der Waals surface area contributed by atoms with E-state index in [4.69, 9.17) is 16.3 Å². The Kier molecular flexibility index (Phi) is 7.41. The molecule has 4 aromatic carbocycles. The Balaban J connectivity index is 1.62. The maximum atomic E-state index is 14.1. The zero-order chi connectivity index (χ0) is 30.5. The summed E-state index contributed by atoms with van der Waals surface area (Å²) in [6, 6.07) is 13.8. The summed E-state index contributed by atoms with van der Waals surface area (Å²) in [5.74, 6) is -14.5. The third-order valence-corrected chi connectivity index (χ3v) is 7.71. The standard InChI is InChI=1S/C28H14ClF6NO5S/c1-40-21-11-17(13-2-5-15(30)6-3-13)18(29)12-20(21)36-19-8-7-16(10-14(19)4-9-22(36)37)42(38,39)41-28-26(34)24(32)23(31)25(33)27(28)35/h2-12H,1H3. The van der Waals surface area contributed by atoms with Crippen LogP contribution in [0.1, 0.15) is 0 Å². The second-order valence-electron chi connectivity index (χ2n) is 8.67. The molecule has 1 aromatic heterocycles. The fourth-order valence-corrected chi connectivity index (χ4v) is 5.41. The predicted octanol–water partition coefficient (Wildman–Crippen LogP) is 6.92. The number of rotatable bonds is 6. The van der Waals surface area contributed by atoms with Crippen LogP contribution in [0.2, 0.25) is 5.02 Å². The van der Waals surface area contributed by atoms with Gasteiger partial charge in [-0.2, -0.15) is 17.2 Å². The highest BCUT2D eigenvalue weighted by atomic mass is 35.5. The van der Waals surface area contributed by atoms with E-state index >= 15 is 0 Å². The fourth-order valence-electron chi connectivity index (χ4n) is 4.18. The van der Waals surface area contributed by atoms with Gasteiger partial charge in [0.2, 0.25) is 34.8 Å². The van der Waals surface area contributed by atoms with Gasteiger partial charge < -0.3 is 8.92 Å². The molecule has 0 bridgehead atoms. The highest BCUT2D eigenvalue weighted by Crippen LogP contribution is 2.37. The van der Waals surface area contributed by atoms with Gasteiger partial charge in [-0.15, -0.1) is 0 Å². The first kappa shape index (κ1) is 29.0. The molecule has 216 valence electrons. The van der Waals surface area contributed by atoms with E-state index in [9.17, 15) is 39.6 Å². The highest BCUT2D eigenvalue weighted by Gasteiger charge is 2.31. The van der Waals surface area contributed by atoms with Crippen molar-refractivity contribution in [2.75, 3.05) is 7.11 Å². The van der Waals surface area contributed by atoms with Crippen LogP contribution in [-0.2, 0) is 10.1 Å². The smallest absolute Gasteiger partial charge is 0.339 e. The minimum Gasteiger partial charge on any atom is -0.495 e. The van der Waals surface area contributed by atoms with Gasteiger partial charge >= 0.3 is 10.1 Å². The van der Waals surface area contributed by atoms with Crippen LogP contribution >= 0.6 is 11.6 Å². The maximum Gasteiger partial charge on any atom is 0.339 e. The Morgan fingerprint density at radius 1 is 0.762 bits per heavy atom. The van der Waals surface area contributed by atoms with E-state index in [0.29, 0.717) is 11.1 Å². The molecule has 0 spiro atoms. The van der Waals surface area contributed by atoms with Gasteiger partial charge in [0, 0.05) is 17.0 Å². The van der Waals surface area contributed by atoms with Crippen LogP contribution < -0.4 is 14.5 Å². The normalized spacial score (nSPS) is 11.6. The van der Waals surface area contributed by atoms with Gasteiger partial charge in [0.1, 0.15) is 16.5 Å². The quantitative estimate of drug-likeness (QED) is 0.0886. The Morgan fingerprint density at radius 2 is 1.38 bits per heavy atom. The van der Waals surface area contributed by atoms with Gasteiger partial charge in [-0.05, 0) is 54.1 Å². The summed E-state index contributed by atoms with van der Waals surface area (Å²) in [6.07, 6.45) is 0.